The molecule has 1 fully saturated rings. The second-order valence-electron chi connectivity index (χ2n) is 7.31. The molecule has 2 heterocycles. The summed E-state index contributed by atoms with van der Waals surface area (Å²) < 4.78 is 10.9. The molecule has 0 saturated carbocycles. The van der Waals surface area contributed by atoms with Gasteiger partial charge in [0.25, 0.3) is 5.91 Å². The fraction of sp³-hybridized carbons (Fsp3) is 0.292. The molecule has 0 bridgehead atoms. The molecule has 0 atom stereocenters. The van der Waals surface area contributed by atoms with Crippen LogP contribution in [-0.2, 0) is 4.79 Å². The van der Waals surface area contributed by atoms with Crippen LogP contribution in [0.25, 0.3) is 0 Å². The first-order chi connectivity index (χ1) is 15.7. The van der Waals surface area contributed by atoms with Crippen molar-refractivity contribution in [1.82, 2.24) is 9.97 Å². The number of benzene rings is 2. The van der Waals surface area contributed by atoms with Crippen LogP contribution in [0.4, 0.5) is 17.3 Å². The zero-order chi connectivity index (χ0) is 22.2. The molecule has 1 aromatic heterocycles. The number of para-hydroxylation sites is 1. The van der Waals surface area contributed by atoms with E-state index in [1.54, 1.807) is 18.2 Å². The highest BCUT2D eigenvalue weighted by Crippen LogP contribution is 2.20. The van der Waals surface area contributed by atoms with E-state index in [0.717, 1.165) is 37.7 Å². The third kappa shape index (κ3) is 5.66. The summed E-state index contributed by atoms with van der Waals surface area (Å²) in [5.74, 6) is 2.35. The Morgan fingerprint density at radius 3 is 2.25 bits per heavy atom. The number of amides is 1. The Labute approximate surface area is 187 Å². The second-order valence-corrected chi connectivity index (χ2v) is 7.31. The molecular weight excluding hydrogens is 406 g/mol. The topological polar surface area (TPSA) is 79.8 Å². The first-order valence-corrected chi connectivity index (χ1v) is 10.7. The second kappa shape index (κ2) is 10.5. The molecule has 1 aliphatic heterocycles. The Kier molecular flexibility index (Phi) is 7.01. The number of ether oxygens (including phenoxy) is 2. The Hall–Kier alpha value is -3.81. The van der Waals surface area contributed by atoms with Crippen molar-refractivity contribution >= 4 is 23.2 Å². The summed E-state index contributed by atoms with van der Waals surface area (Å²) in [7, 11) is 0. The van der Waals surface area contributed by atoms with Crippen LogP contribution in [0.1, 0.15) is 6.92 Å². The van der Waals surface area contributed by atoms with E-state index in [0.29, 0.717) is 18.2 Å². The lowest BCUT2D eigenvalue weighted by Gasteiger charge is -2.36. The van der Waals surface area contributed by atoms with Gasteiger partial charge in [0.15, 0.2) is 6.61 Å². The van der Waals surface area contributed by atoms with Gasteiger partial charge in [-0.25, -0.2) is 9.97 Å². The van der Waals surface area contributed by atoms with Gasteiger partial charge in [-0.3, -0.25) is 4.79 Å². The lowest BCUT2D eigenvalue weighted by Crippen LogP contribution is -2.46. The maximum absolute atomic E-state index is 12.3. The Morgan fingerprint density at radius 2 is 1.56 bits per heavy atom. The van der Waals surface area contributed by atoms with Gasteiger partial charge in [0.05, 0.1) is 6.61 Å². The first kappa shape index (κ1) is 21.4. The number of aromatic nitrogens is 2. The number of piperazine rings is 1. The van der Waals surface area contributed by atoms with Gasteiger partial charge < -0.3 is 24.6 Å². The molecule has 0 radical (unpaired) electrons. The number of hydrogen-bond donors (Lipinski definition) is 1. The van der Waals surface area contributed by atoms with Crippen molar-refractivity contribution < 1.29 is 14.3 Å². The van der Waals surface area contributed by atoms with Crippen LogP contribution >= 0.6 is 0 Å². The summed E-state index contributed by atoms with van der Waals surface area (Å²) in [6, 6.07) is 19.4. The van der Waals surface area contributed by atoms with E-state index in [1.807, 2.05) is 25.1 Å². The quantitative estimate of drug-likeness (QED) is 0.584. The smallest absolute Gasteiger partial charge is 0.263 e. The van der Waals surface area contributed by atoms with Crippen LogP contribution in [0.2, 0.25) is 0 Å². The van der Waals surface area contributed by atoms with Crippen LogP contribution in [0.5, 0.6) is 11.5 Å². The maximum atomic E-state index is 12.3. The van der Waals surface area contributed by atoms with Crippen molar-refractivity contribution in [2.45, 2.75) is 6.92 Å². The minimum atomic E-state index is -0.280. The highest BCUT2D eigenvalue weighted by Gasteiger charge is 2.19. The molecule has 1 amide bonds. The number of nitrogens with one attached hydrogen (secondary N) is 1. The van der Waals surface area contributed by atoms with E-state index in [-0.39, 0.29) is 12.5 Å². The minimum absolute atomic E-state index is 0.108. The normalized spacial score (nSPS) is 13.5. The summed E-state index contributed by atoms with van der Waals surface area (Å²) in [5.41, 5.74) is 1.23. The van der Waals surface area contributed by atoms with Crippen molar-refractivity contribution in [1.29, 1.82) is 0 Å². The van der Waals surface area contributed by atoms with Crippen molar-refractivity contribution in [2.24, 2.45) is 0 Å². The Balaban J connectivity index is 1.28. The van der Waals surface area contributed by atoms with Crippen molar-refractivity contribution in [2.75, 3.05) is 54.5 Å². The number of rotatable bonds is 8. The van der Waals surface area contributed by atoms with Gasteiger partial charge in [0.2, 0.25) is 0 Å². The predicted octanol–water partition coefficient (Wildman–Crippen LogP) is 3.22. The number of hydrogen-bond acceptors (Lipinski definition) is 7. The maximum Gasteiger partial charge on any atom is 0.263 e. The third-order valence-corrected chi connectivity index (χ3v) is 5.15. The monoisotopic (exact) mass is 433 g/mol. The van der Waals surface area contributed by atoms with E-state index in [2.05, 4.69) is 49.4 Å². The van der Waals surface area contributed by atoms with Gasteiger partial charge >= 0.3 is 0 Å². The van der Waals surface area contributed by atoms with E-state index >= 15 is 0 Å². The van der Waals surface area contributed by atoms with E-state index in [4.69, 9.17) is 9.47 Å². The van der Waals surface area contributed by atoms with Crippen molar-refractivity contribution in [3.63, 3.8) is 0 Å². The standard InChI is InChI=1S/C24H27N5O3/c1-2-31-20-8-10-21(11-9-20)32-17-24(30)27-22-16-23(26-18-25-22)29-14-12-28(13-15-29)19-6-4-3-5-7-19/h3-11,16,18H,2,12-15,17H2,1H3,(H,25,26,27,30). The van der Waals surface area contributed by atoms with Gasteiger partial charge in [-0.1, -0.05) is 18.2 Å². The molecule has 8 heteroatoms. The van der Waals surface area contributed by atoms with Crippen LogP contribution in [-0.4, -0.2) is 55.3 Å². The molecule has 1 aliphatic rings. The Bertz CT molecular complexity index is 1010. The zero-order valence-corrected chi connectivity index (χ0v) is 18.1. The fourth-order valence-electron chi connectivity index (χ4n) is 3.55. The molecule has 0 unspecified atom stereocenters. The number of anilines is 3. The highest BCUT2D eigenvalue weighted by molar-refractivity contribution is 5.91. The van der Waals surface area contributed by atoms with Crippen LogP contribution in [0.15, 0.2) is 67.0 Å². The van der Waals surface area contributed by atoms with E-state index < -0.39 is 0 Å². The molecule has 2 aromatic carbocycles. The molecular formula is C24H27N5O3. The van der Waals surface area contributed by atoms with Gasteiger partial charge in [-0.2, -0.15) is 0 Å². The van der Waals surface area contributed by atoms with Gasteiger partial charge in [0, 0.05) is 37.9 Å². The summed E-state index contributed by atoms with van der Waals surface area (Å²) in [6.45, 7) is 5.94. The van der Waals surface area contributed by atoms with Gasteiger partial charge in [0.1, 0.15) is 29.5 Å². The Morgan fingerprint density at radius 1 is 0.906 bits per heavy atom. The van der Waals surface area contributed by atoms with E-state index in [1.165, 1.54) is 12.0 Å². The van der Waals surface area contributed by atoms with Crippen LogP contribution in [0, 0.1) is 0 Å². The molecule has 0 spiro atoms. The SMILES string of the molecule is CCOc1ccc(OCC(=O)Nc2cc(N3CCN(c4ccccc4)CC3)ncn2)cc1. The number of carbonyl (C=O) groups is 1. The molecule has 4 rings (SSSR count). The molecule has 3 aromatic rings. The van der Waals surface area contributed by atoms with Crippen LogP contribution in [0.3, 0.4) is 0 Å². The largest absolute Gasteiger partial charge is 0.494 e. The lowest BCUT2D eigenvalue weighted by molar-refractivity contribution is -0.118. The van der Waals surface area contributed by atoms with Crippen LogP contribution < -0.4 is 24.6 Å². The summed E-state index contributed by atoms with van der Waals surface area (Å²) in [6.07, 6.45) is 1.47. The molecule has 1 N–H and O–H groups in total. The molecule has 8 nitrogen and oxygen atoms in total. The number of nitrogens with zero attached hydrogens (tertiary/aromatic N) is 4. The highest BCUT2D eigenvalue weighted by atomic mass is 16.5. The van der Waals surface area contributed by atoms with E-state index in [9.17, 15) is 4.79 Å². The van der Waals surface area contributed by atoms with Gasteiger partial charge in [-0.15, -0.1) is 0 Å². The summed E-state index contributed by atoms with van der Waals surface area (Å²) in [5, 5.41) is 2.78. The molecule has 1 saturated heterocycles. The third-order valence-electron chi connectivity index (χ3n) is 5.15. The summed E-state index contributed by atoms with van der Waals surface area (Å²) >= 11 is 0. The molecule has 0 aliphatic carbocycles. The average molecular weight is 434 g/mol. The zero-order valence-electron chi connectivity index (χ0n) is 18.1. The predicted molar refractivity (Wildman–Crippen MR) is 125 cm³/mol. The van der Waals surface area contributed by atoms with Gasteiger partial charge in [-0.05, 0) is 43.3 Å². The first-order valence-electron chi connectivity index (χ1n) is 10.7. The average Bonchev–Trinajstić information content (AvgIpc) is 2.85. The minimum Gasteiger partial charge on any atom is -0.494 e. The lowest BCUT2D eigenvalue weighted by atomic mass is 10.2. The summed E-state index contributed by atoms with van der Waals surface area (Å²) in [4.78, 5) is 25.4. The van der Waals surface area contributed by atoms with Crippen molar-refractivity contribution in [3.8, 4) is 11.5 Å². The fourth-order valence-corrected chi connectivity index (χ4v) is 3.55. The molecule has 32 heavy (non-hydrogen) atoms. The van der Waals surface area contributed by atoms with Crippen molar-refractivity contribution in [3.05, 3.63) is 67.0 Å². The molecule has 166 valence electrons. The number of carbonyl (C=O) groups excluding carboxylic acids is 1.